The molecule has 2 aliphatic carbocycles. The minimum Gasteiger partial charge on any atom is -0.381 e. The maximum Gasteiger partial charge on any atom is 0.315 e. The number of benzene rings is 1. The molecule has 2 aliphatic heterocycles. The van der Waals surface area contributed by atoms with Gasteiger partial charge in [0.1, 0.15) is 6.23 Å². The van der Waals surface area contributed by atoms with E-state index in [2.05, 4.69) is 45.1 Å². The minimum absolute atomic E-state index is 0.0375. The lowest BCUT2D eigenvalue weighted by Crippen LogP contribution is -2.54. The Bertz CT molecular complexity index is 767. The molecule has 30 heavy (non-hydrogen) atoms. The summed E-state index contributed by atoms with van der Waals surface area (Å²) in [5.41, 5.74) is 2.58. The van der Waals surface area contributed by atoms with E-state index in [0.717, 1.165) is 44.6 Å². The summed E-state index contributed by atoms with van der Waals surface area (Å²) in [5, 5.41) is 21.5. The number of fused-ring (bicyclic) bond motifs is 3. The molecule has 2 amide bonds. The number of nitrogens with one attached hydrogen (secondary N) is 3. The molecule has 0 spiro atoms. The van der Waals surface area contributed by atoms with Crippen molar-refractivity contribution >= 4 is 11.7 Å². The largest absolute Gasteiger partial charge is 0.381 e. The Balaban J connectivity index is 1.39. The smallest absolute Gasteiger partial charge is 0.315 e. The molecule has 1 unspecified atom stereocenters. The van der Waals surface area contributed by atoms with E-state index in [-0.39, 0.29) is 24.0 Å². The van der Waals surface area contributed by atoms with E-state index in [9.17, 15) is 9.90 Å². The maximum atomic E-state index is 12.2. The van der Waals surface area contributed by atoms with Crippen LogP contribution in [0.25, 0.3) is 0 Å². The molecule has 0 bridgehead atoms. The van der Waals surface area contributed by atoms with Crippen molar-refractivity contribution in [3.63, 3.8) is 0 Å². The van der Waals surface area contributed by atoms with Crippen molar-refractivity contribution in [1.29, 1.82) is 0 Å². The van der Waals surface area contributed by atoms with Gasteiger partial charge in [-0.1, -0.05) is 31.0 Å². The second-order valence-electron chi connectivity index (χ2n) is 9.70. The van der Waals surface area contributed by atoms with Crippen LogP contribution in [0.4, 0.5) is 10.5 Å². The summed E-state index contributed by atoms with van der Waals surface area (Å²) in [6, 6.07) is 9.39. The average Bonchev–Trinajstić information content (AvgIpc) is 3.51. The lowest BCUT2D eigenvalue weighted by Gasteiger charge is -2.45. The van der Waals surface area contributed by atoms with Crippen LogP contribution in [0.3, 0.4) is 0 Å². The molecule has 164 valence electrons. The van der Waals surface area contributed by atoms with Crippen LogP contribution in [0.1, 0.15) is 63.5 Å². The van der Waals surface area contributed by atoms with Gasteiger partial charge in [-0.05, 0) is 56.6 Å². The topological polar surface area (TPSA) is 76.6 Å². The molecule has 0 aromatic heterocycles. The summed E-state index contributed by atoms with van der Waals surface area (Å²) in [6.07, 6.45) is 7.42. The number of hydrogen-bond donors (Lipinski definition) is 4. The molecule has 4 N–H and O–H groups in total. The molecule has 2 heterocycles. The van der Waals surface area contributed by atoms with Crippen LogP contribution in [0, 0.1) is 17.8 Å². The number of amides is 2. The van der Waals surface area contributed by atoms with E-state index >= 15 is 0 Å². The van der Waals surface area contributed by atoms with Gasteiger partial charge >= 0.3 is 6.03 Å². The molecule has 6 heteroatoms. The van der Waals surface area contributed by atoms with E-state index in [4.69, 9.17) is 0 Å². The fraction of sp³-hybridized carbons (Fsp3) is 0.708. The van der Waals surface area contributed by atoms with Crippen molar-refractivity contribution in [3.8, 4) is 0 Å². The molecule has 1 saturated heterocycles. The van der Waals surface area contributed by atoms with Crippen LogP contribution in [0.15, 0.2) is 24.3 Å². The maximum absolute atomic E-state index is 12.2. The first-order valence-corrected chi connectivity index (χ1v) is 12.0. The number of likely N-dealkylation sites (tertiary alicyclic amines) is 1. The number of rotatable bonds is 5. The Morgan fingerprint density at radius 2 is 2.00 bits per heavy atom. The third-order valence-electron chi connectivity index (χ3n) is 7.87. The zero-order chi connectivity index (χ0) is 20.7. The second-order valence-corrected chi connectivity index (χ2v) is 9.70. The molecular weight excluding hydrogens is 376 g/mol. The quantitative estimate of drug-likeness (QED) is 0.597. The van der Waals surface area contributed by atoms with Gasteiger partial charge in [0.15, 0.2) is 0 Å². The molecule has 6 atom stereocenters. The predicted molar refractivity (Wildman–Crippen MR) is 118 cm³/mol. The van der Waals surface area contributed by atoms with Gasteiger partial charge in [0.25, 0.3) is 0 Å². The number of urea groups is 1. The number of para-hydroxylation sites is 1. The van der Waals surface area contributed by atoms with Crippen LogP contribution >= 0.6 is 0 Å². The number of aliphatic hydroxyl groups excluding tert-OH is 1. The lowest BCUT2D eigenvalue weighted by atomic mass is 9.79. The summed E-state index contributed by atoms with van der Waals surface area (Å²) >= 11 is 0. The van der Waals surface area contributed by atoms with Crippen LogP contribution in [-0.4, -0.2) is 47.4 Å². The van der Waals surface area contributed by atoms with Crippen LogP contribution in [0.5, 0.6) is 0 Å². The third kappa shape index (κ3) is 3.69. The fourth-order valence-electron chi connectivity index (χ4n) is 6.34. The summed E-state index contributed by atoms with van der Waals surface area (Å²) < 4.78 is 0. The van der Waals surface area contributed by atoms with Crippen molar-refractivity contribution in [2.75, 3.05) is 18.4 Å². The number of nitrogens with zero attached hydrogens (tertiary/aromatic N) is 1. The number of hydrogen-bond acceptors (Lipinski definition) is 4. The molecule has 5 rings (SSSR count). The third-order valence-corrected chi connectivity index (χ3v) is 7.87. The second kappa shape index (κ2) is 8.39. The van der Waals surface area contributed by atoms with Gasteiger partial charge in [-0.25, -0.2) is 4.79 Å². The Labute approximate surface area is 179 Å². The minimum atomic E-state index is -0.516. The van der Waals surface area contributed by atoms with E-state index in [0.29, 0.717) is 18.5 Å². The van der Waals surface area contributed by atoms with Gasteiger partial charge in [0.2, 0.25) is 0 Å². The van der Waals surface area contributed by atoms with Crippen LogP contribution in [-0.2, 0) is 0 Å². The Morgan fingerprint density at radius 3 is 2.80 bits per heavy atom. The van der Waals surface area contributed by atoms with Gasteiger partial charge < -0.3 is 21.1 Å². The van der Waals surface area contributed by atoms with E-state index < -0.39 is 6.23 Å². The first-order valence-electron chi connectivity index (χ1n) is 12.0. The molecule has 4 aliphatic rings. The molecular formula is C24H36N4O2. The molecule has 0 radical (unpaired) electrons. The van der Waals surface area contributed by atoms with E-state index in [1.54, 1.807) is 0 Å². The highest BCUT2D eigenvalue weighted by molar-refractivity contribution is 5.74. The predicted octanol–water partition coefficient (Wildman–Crippen LogP) is 3.45. The van der Waals surface area contributed by atoms with Gasteiger partial charge in [-0.3, -0.25) is 4.90 Å². The monoisotopic (exact) mass is 412 g/mol. The SMILES string of the molecule is CCNC(=O)N[C@@H]1CCCC[C@@H]1C(O)N1CC[C@@H]2[C@H](C3CC3)Nc3ccccc3[C@@H]21. The standard InChI is InChI=1S/C24H36N4O2/c1-2-25-24(30)27-20-10-6-4-8-17(20)23(29)28-14-13-18-21(15-11-12-15)26-19-9-5-3-7-16(19)22(18)28/h3,5,7,9,15,17-18,20-23,26,29H,2,4,6,8,10-14H2,1H3,(H2,25,27,30)/t17-,18+,20+,21-,22-,23?/m0/s1. The lowest BCUT2D eigenvalue weighted by molar-refractivity contribution is -0.0719. The zero-order valence-electron chi connectivity index (χ0n) is 18.0. The van der Waals surface area contributed by atoms with Gasteiger partial charge in [0, 0.05) is 48.7 Å². The van der Waals surface area contributed by atoms with Crippen molar-refractivity contribution in [2.45, 2.75) is 76.2 Å². The fourth-order valence-corrected chi connectivity index (χ4v) is 6.34. The number of carbonyl (C=O) groups excluding carboxylic acids is 1. The Hall–Kier alpha value is -1.79. The van der Waals surface area contributed by atoms with E-state index in [1.807, 2.05) is 6.92 Å². The summed E-state index contributed by atoms with van der Waals surface area (Å²) in [5.74, 6) is 1.42. The van der Waals surface area contributed by atoms with Crippen molar-refractivity contribution in [1.82, 2.24) is 15.5 Å². The van der Waals surface area contributed by atoms with Gasteiger partial charge in [-0.2, -0.15) is 0 Å². The highest BCUT2D eigenvalue weighted by Gasteiger charge is 2.51. The Morgan fingerprint density at radius 1 is 1.20 bits per heavy atom. The highest BCUT2D eigenvalue weighted by atomic mass is 16.3. The molecule has 3 fully saturated rings. The number of aliphatic hydroxyl groups is 1. The van der Waals surface area contributed by atoms with Crippen molar-refractivity contribution in [3.05, 3.63) is 29.8 Å². The number of carbonyl (C=O) groups is 1. The Kier molecular flexibility index (Phi) is 5.63. The number of anilines is 1. The van der Waals surface area contributed by atoms with Crippen LogP contribution in [0.2, 0.25) is 0 Å². The first-order chi connectivity index (χ1) is 14.7. The highest BCUT2D eigenvalue weighted by Crippen LogP contribution is 2.53. The van der Waals surface area contributed by atoms with Gasteiger partial charge in [-0.15, -0.1) is 0 Å². The average molecular weight is 413 g/mol. The molecule has 6 nitrogen and oxygen atoms in total. The first kappa shape index (κ1) is 20.1. The molecule has 1 aromatic carbocycles. The summed E-state index contributed by atoms with van der Waals surface area (Å²) in [6.45, 7) is 3.48. The molecule has 1 aromatic rings. The summed E-state index contributed by atoms with van der Waals surface area (Å²) in [4.78, 5) is 14.6. The normalized spacial score (nSPS) is 34.4. The zero-order valence-corrected chi connectivity index (χ0v) is 18.0. The van der Waals surface area contributed by atoms with Crippen molar-refractivity contribution in [2.24, 2.45) is 17.8 Å². The molecule has 2 saturated carbocycles. The summed E-state index contributed by atoms with van der Waals surface area (Å²) in [7, 11) is 0. The van der Waals surface area contributed by atoms with Crippen LogP contribution < -0.4 is 16.0 Å². The van der Waals surface area contributed by atoms with Gasteiger partial charge in [0.05, 0.1) is 0 Å². The van der Waals surface area contributed by atoms with Crippen molar-refractivity contribution < 1.29 is 9.90 Å². The van der Waals surface area contributed by atoms with E-state index in [1.165, 1.54) is 24.1 Å².